The van der Waals surface area contributed by atoms with E-state index in [4.69, 9.17) is 4.98 Å². The Bertz CT molecular complexity index is 792. The fraction of sp³-hybridized carbons (Fsp3) is 0.278. The van der Waals surface area contributed by atoms with E-state index >= 15 is 0 Å². The van der Waals surface area contributed by atoms with Crippen molar-refractivity contribution in [3.63, 3.8) is 0 Å². The maximum atomic E-state index is 9.74. The number of rotatable bonds is 5. The van der Waals surface area contributed by atoms with Crippen molar-refractivity contribution in [3.8, 4) is 17.0 Å². The lowest BCUT2D eigenvalue weighted by atomic mass is 10.1. The van der Waals surface area contributed by atoms with Crippen LogP contribution in [0.2, 0.25) is 0 Å². The van der Waals surface area contributed by atoms with E-state index < -0.39 is 0 Å². The number of nitrogens with zero attached hydrogens (tertiary/aromatic N) is 2. The average molecular weight is 295 g/mol. The first kappa shape index (κ1) is 14.4. The molecule has 0 radical (unpaired) electrons. The van der Waals surface area contributed by atoms with Gasteiger partial charge in [-0.05, 0) is 43.2 Å². The Balaban J connectivity index is 2.12. The van der Waals surface area contributed by atoms with Crippen LogP contribution >= 0.6 is 0 Å². The molecule has 2 aromatic heterocycles. The maximum Gasteiger partial charge on any atom is 0.139 e. The molecule has 1 aromatic carbocycles. The Kier molecular flexibility index (Phi) is 4.00. The molecular weight excluding hydrogens is 274 g/mol. The van der Waals surface area contributed by atoms with Gasteiger partial charge >= 0.3 is 0 Å². The molecule has 0 aliphatic heterocycles. The van der Waals surface area contributed by atoms with E-state index in [-0.39, 0.29) is 5.75 Å². The second-order valence-electron chi connectivity index (χ2n) is 5.57. The van der Waals surface area contributed by atoms with Crippen LogP contribution in [0.25, 0.3) is 16.9 Å². The molecule has 22 heavy (non-hydrogen) atoms. The molecule has 3 rings (SSSR count). The summed E-state index contributed by atoms with van der Waals surface area (Å²) in [7, 11) is 0. The summed E-state index contributed by atoms with van der Waals surface area (Å²) in [4.78, 5) is 4.75. The van der Waals surface area contributed by atoms with Crippen LogP contribution in [0.3, 0.4) is 0 Å². The number of nitrogens with one attached hydrogen (secondary N) is 1. The quantitative estimate of drug-likeness (QED) is 0.693. The zero-order valence-electron chi connectivity index (χ0n) is 13.0. The van der Waals surface area contributed by atoms with Gasteiger partial charge in [0.05, 0.1) is 0 Å². The van der Waals surface area contributed by atoms with Crippen molar-refractivity contribution in [2.24, 2.45) is 0 Å². The molecular formula is C18H21N3O. The van der Waals surface area contributed by atoms with Crippen molar-refractivity contribution in [3.05, 3.63) is 48.2 Å². The molecule has 3 aromatic rings. The van der Waals surface area contributed by atoms with E-state index in [1.165, 1.54) is 5.56 Å². The van der Waals surface area contributed by atoms with Gasteiger partial charge in [-0.2, -0.15) is 0 Å². The number of imidazole rings is 1. The van der Waals surface area contributed by atoms with Crippen LogP contribution in [0.5, 0.6) is 5.75 Å². The second-order valence-corrected chi connectivity index (χ2v) is 5.57. The van der Waals surface area contributed by atoms with E-state index in [0.717, 1.165) is 42.1 Å². The Morgan fingerprint density at radius 3 is 2.86 bits per heavy atom. The van der Waals surface area contributed by atoms with Crippen LogP contribution in [0, 0.1) is 6.92 Å². The first-order valence-corrected chi connectivity index (χ1v) is 7.71. The summed E-state index contributed by atoms with van der Waals surface area (Å²) in [5.74, 6) is 1.24. The fourth-order valence-corrected chi connectivity index (χ4v) is 2.55. The van der Waals surface area contributed by atoms with Crippen LogP contribution in [-0.4, -0.2) is 21.0 Å². The highest BCUT2D eigenvalue weighted by atomic mass is 16.3. The number of benzene rings is 1. The van der Waals surface area contributed by atoms with E-state index in [9.17, 15) is 5.11 Å². The third kappa shape index (κ3) is 2.77. The number of aromatic nitrogens is 2. The number of phenolic OH excluding ortho intramolecular Hbond substituents is 1. The minimum absolute atomic E-state index is 0.255. The topological polar surface area (TPSA) is 49.6 Å². The minimum Gasteiger partial charge on any atom is -0.508 e. The number of aromatic hydroxyl groups is 1. The number of aryl methyl sites for hydroxylation is 1. The number of hydrogen-bond donors (Lipinski definition) is 2. The predicted octanol–water partition coefficient (Wildman–Crippen LogP) is 4.23. The average Bonchev–Trinajstić information content (AvgIpc) is 2.85. The van der Waals surface area contributed by atoms with Gasteiger partial charge in [0.1, 0.15) is 22.9 Å². The zero-order valence-corrected chi connectivity index (χ0v) is 13.0. The van der Waals surface area contributed by atoms with Gasteiger partial charge in [0, 0.05) is 18.3 Å². The minimum atomic E-state index is 0.255. The summed E-state index contributed by atoms with van der Waals surface area (Å²) >= 11 is 0. The van der Waals surface area contributed by atoms with Crippen molar-refractivity contribution >= 4 is 11.5 Å². The molecule has 4 heteroatoms. The number of anilines is 1. The molecule has 0 unspecified atom stereocenters. The molecule has 2 N–H and O–H groups in total. The normalized spacial score (nSPS) is 11.0. The van der Waals surface area contributed by atoms with Crippen molar-refractivity contribution in [1.82, 2.24) is 9.38 Å². The van der Waals surface area contributed by atoms with Gasteiger partial charge in [-0.25, -0.2) is 4.98 Å². The molecule has 0 aliphatic rings. The van der Waals surface area contributed by atoms with Gasteiger partial charge in [-0.1, -0.05) is 25.5 Å². The number of hydrogen-bond acceptors (Lipinski definition) is 3. The monoisotopic (exact) mass is 295 g/mol. The van der Waals surface area contributed by atoms with Crippen LogP contribution < -0.4 is 5.32 Å². The van der Waals surface area contributed by atoms with Crippen LogP contribution in [0.15, 0.2) is 42.6 Å². The summed E-state index contributed by atoms with van der Waals surface area (Å²) in [6.07, 6.45) is 4.29. The first-order valence-electron chi connectivity index (χ1n) is 7.71. The predicted molar refractivity (Wildman–Crippen MR) is 90.4 cm³/mol. The largest absolute Gasteiger partial charge is 0.508 e. The summed E-state index contributed by atoms with van der Waals surface area (Å²) in [5, 5.41) is 13.2. The van der Waals surface area contributed by atoms with E-state index in [1.54, 1.807) is 12.1 Å². The maximum absolute atomic E-state index is 9.74. The molecule has 0 saturated carbocycles. The lowest BCUT2D eigenvalue weighted by Crippen LogP contribution is -2.04. The molecule has 0 atom stereocenters. The molecule has 114 valence electrons. The van der Waals surface area contributed by atoms with Gasteiger partial charge in [0.15, 0.2) is 0 Å². The highest BCUT2D eigenvalue weighted by Crippen LogP contribution is 2.30. The molecule has 0 amide bonds. The van der Waals surface area contributed by atoms with Gasteiger partial charge in [-0.15, -0.1) is 0 Å². The Morgan fingerprint density at radius 2 is 2.09 bits per heavy atom. The van der Waals surface area contributed by atoms with Crippen molar-refractivity contribution in [2.45, 2.75) is 26.7 Å². The zero-order chi connectivity index (χ0) is 15.5. The van der Waals surface area contributed by atoms with Crippen molar-refractivity contribution in [2.75, 3.05) is 11.9 Å². The third-order valence-electron chi connectivity index (χ3n) is 3.72. The van der Waals surface area contributed by atoms with E-state index in [1.807, 2.05) is 18.3 Å². The van der Waals surface area contributed by atoms with Gasteiger partial charge < -0.3 is 10.4 Å². The summed E-state index contributed by atoms with van der Waals surface area (Å²) < 4.78 is 2.07. The lowest BCUT2D eigenvalue weighted by molar-refractivity contribution is 0.475. The van der Waals surface area contributed by atoms with Crippen LogP contribution in [-0.2, 0) is 0 Å². The number of pyridine rings is 1. The van der Waals surface area contributed by atoms with Crippen LogP contribution in [0.1, 0.15) is 25.3 Å². The summed E-state index contributed by atoms with van der Waals surface area (Å²) in [6, 6.07) is 11.4. The molecule has 0 saturated heterocycles. The Hall–Kier alpha value is -2.49. The van der Waals surface area contributed by atoms with Gasteiger partial charge in [-0.3, -0.25) is 4.40 Å². The summed E-state index contributed by atoms with van der Waals surface area (Å²) in [6.45, 7) is 5.15. The molecule has 2 heterocycles. The van der Waals surface area contributed by atoms with Crippen LogP contribution in [0.4, 0.5) is 5.82 Å². The molecule has 0 fully saturated rings. The Labute approximate surface area is 130 Å². The number of unbranched alkanes of at least 4 members (excludes halogenated alkanes) is 1. The summed E-state index contributed by atoms with van der Waals surface area (Å²) in [5.41, 5.74) is 3.88. The fourth-order valence-electron chi connectivity index (χ4n) is 2.55. The van der Waals surface area contributed by atoms with E-state index in [2.05, 4.69) is 35.7 Å². The smallest absolute Gasteiger partial charge is 0.139 e. The van der Waals surface area contributed by atoms with Crippen molar-refractivity contribution in [1.29, 1.82) is 0 Å². The first-order chi connectivity index (χ1) is 10.7. The third-order valence-corrected chi connectivity index (χ3v) is 3.72. The number of fused-ring (bicyclic) bond motifs is 1. The highest BCUT2D eigenvalue weighted by Gasteiger charge is 2.14. The van der Waals surface area contributed by atoms with Crippen molar-refractivity contribution < 1.29 is 5.11 Å². The number of phenols is 1. The van der Waals surface area contributed by atoms with Gasteiger partial charge in [0.25, 0.3) is 0 Å². The second kappa shape index (κ2) is 6.10. The molecule has 0 bridgehead atoms. The molecule has 4 nitrogen and oxygen atoms in total. The molecule has 0 aliphatic carbocycles. The molecule has 0 spiro atoms. The van der Waals surface area contributed by atoms with Gasteiger partial charge in [0.2, 0.25) is 0 Å². The Morgan fingerprint density at radius 1 is 1.23 bits per heavy atom. The van der Waals surface area contributed by atoms with E-state index in [0.29, 0.717) is 0 Å². The SMILES string of the molecule is CCCCNc1c(-c2cccc(O)c2)nc2cc(C)ccn12. The highest BCUT2D eigenvalue weighted by molar-refractivity contribution is 5.77. The lowest BCUT2D eigenvalue weighted by Gasteiger charge is -2.08. The standard InChI is InChI=1S/C18H21N3O/c1-3-4-9-19-18-17(14-6-5-7-15(22)12-14)20-16-11-13(2)8-10-21(16)18/h5-8,10-12,19,22H,3-4,9H2,1-2H3.